The summed E-state index contributed by atoms with van der Waals surface area (Å²) in [5.41, 5.74) is 1.24. The zero-order valence-electron chi connectivity index (χ0n) is 16.1. The number of sulfonamides is 1. The number of carboxylic acid groups (broad SMARTS) is 1. The van der Waals surface area contributed by atoms with Crippen LogP contribution in [0.3, 0.4) is 0 Å². The molecule has 0 fully saturated rings. The first-order valence-corrected chi connectivity index (χ1v) is 10.5. The molecule has 0 saturated carbocycles. The van der Waals surface area contributed by atoms with Crippen molar-refractivity contribution in [3.05, 3.63) is 95.1 Å². The van der Waals surface area contributed by atoms with E-state index >= 15 is 0 Å². The second-order valence-electron chi connectivity index (χ2n) is 6.58. The summed E-state index contributed by atoms with van der Waals surface area (Å²) in [5.74, 6) is -2.06. The zero-order valence-corrected chi connectivity index (χ0v) is 16.9. The SMILES string of the molecule is Cc1ccc(C(=O)Nc2ccccc2C(=O)[O-])cc1S(=O)(=O)NCc1ccccc1. The van der Waals surface area contributed by atoms with Gasteiger partial charge >= 0.3 is 0 Å². The maximum absolute atomic E-state index is 12.8. The van der Waals surface area contributed by atoms with E-state index < -0.39 is 21.9 Å². The number of aromatic carboxylic acids is 1. The minimum atomic E-state index is -3.87. The highest BCUT2D eigenvalue weighted by molar-refractivity contribution is 7.89. The predicted octanol–water partition coefficient (Wildman–Crippen LogP) is 2.09. The fourth-order valence-electron chi connectivity index (χ4n) is 2.85. The molecule has 154 valence electrons. The minimum Gasteiger partial charge on any atom is -0.545 e. The maximum Gasteiger partial charge on any atom is 0.255 e. The molecule has 0 radical (unpaired) electrons. The van der Waals surface area contributed by atoms with Crippen LogP contribution in [-0.4, -0.2) is 20.3 Å². The molecule has 0 unspecified atom stereocenters. The number of rotatable bonds is 7. The van der Waals surface area contributed by atoms with Crippen LogP contribution in [0.25, 0.3) is 0 Å². The number of amides is 1. The lowest BCUT2D eigenvalue weighted by Gasteiger charge is -2.13. The molecule has 3 rings (SSSR count). The summed E-state index contributed by atoms with van der Waals surface area (Å²) in [5, 5.41) is 13.7. The van der Waals surface area contributed by atoms with E-state index in [0.717, 1.165) is 5.56 Å². The van der Waals surface area contributed by atoms with Gasteiger partial charge in [0.05, 0.1) is 16.6 Å². The molecule has 0 atom stereocenters. The monoisotopic (exact) mass is 423 g/mol. The van der Waals surface area contributed by atoms with E-state index in [1.165, 1.54) is 36.4 Å². The number of carboxylic acids is 1. The van der Waals surface area contributed by atoms with Gasteiger partial charge in [-0.1, -0.05) is 54.6 Å². The van der Waals surface area contributed by atoms with Gasteiger partial charge in [-0.25, -0.2) is 13.1 Å². The second-order valence-corrected chi connectivity index (χ2v) is 8.31. The van der Waals surface area contributed by atoms with Crippen LogP contribution in [0.2, 0.25) is 0 Å². The molecule has 30 heavy (non-hydrogen) atoms. The third-order valence-corrected chi connectivity index (χ3v) is 5.99. The molecular formula is C22H19N2O5S-. The Labute approximate surface area is 174 Å². The topological polar surface area (TPSA) is 115 Å². The second kappa shape index (κ2) is 8.89. The average molecular weight is 423 g/mol. The van der Waals surface area contributed by atoms with Crippen molar-refractivity contribution in [2.75, 3.05) is 5.32 Å². The summed E-state index contributed by atoms with van der Waals surface area (Å²) in [6, 6.07) is 19.1. The quantitative estimate of drug-likeness (QED) is 0.604. The Morgan fingerprint density at radius 2 is 1.60 bits per heavy atom. The number of hydrogen-bond acceptors (Lipinski definition) is 5. The number of anilines is 1. The minimum absolute atomic E-state index is 0.0285. The molecule has 0 aliphatic carbocycles. The van der Waals surface area contributed by atoms with E-state index in [1.807, 2.05) is 18.2 Å². The standard InChI is InChI=1S/C22H20N2O5S/c1-15-11-12-17(21(25)24-19-10-6-5-9-18(19)22(26)27)13-20(15)30(28,29)23-14-16-7-3-2-4-8-16/h2-13,23H,14H2,1H3,(H,24,25)(H,26,27)/p-1. The van der Waals surface area contributed by atoms with Crippen LogP contribution in [-0.2, 0) is 16.6 Å². The highest BCUT2D eigenvalue weighted by Gasteiger charge is 2.19. The molecule has 0 bridgehead atoms. The van der Waals surface area contributed by atoms with Crippen molar-refractivity contribution >= 4 is 27.6 Å². The molecule has 0 aliphatic heterocycles. The fraction of sp³-hybridized carbons (Fsp3) is 0.0909. The van der Waals surface area contributed by atoms with Crippen molar-refractivity contribution in [3.8, 4) is 0 Å². The molecule has 2 N–H and O–H groups in total. The Morgan fingerprint density at radius 1 is 0.933 bits per heavy atom. The van der Waals surface area contributed by atoms with Crippen LogP contribution in [0, 0.1) is 6.92 Å². The van der Waals surface area contributed by atoms with Crippen LogP contribution < -0.4 is 15.1 Å². The Bertz CT molecular complexity index is 1190. The van der Waals surface area contributed by atoms with Crippen LogP contribution in [0.15, 0.2) is 77.7 Å². The van der Waals surface area contributed by atoms with Gasteiger partial charge in [0.2, 0.25) is 10.0 Å². The van der Waals surface area contributed by atoms with Gasteiger partial charge in [0.25, 0.3) is 5.91 Å². The lowest BCUT2D eigenvalue weighted by molar-refractivity contribution is -0.254. The fourth-order valence-corrected chi connectivity index (χ4v) is 4.13. The molecule has 8 heteroatoms. The smallest absolute Gasteiger partial charge is 0.255 e. The van der Waals surface area contributed by atoms with Gasteiger partial charge < -0.3 is 15.2 Å². The van der Waals surface area contributed by atoms with Crippen molar-refractivity contribution in [2.24, 2.45) is 0 Å². The van der Waals surface area contributed by atoms with Crippen molar-refractivity contribution in [1.29, 1.82) is 0 Å². The Balaban J connectivity index is 1.84. The molecule has 0 heterocycles. The molecule has 0 aliphatic rings. The lowest BCUT2D eigenvalue weighted by atomic mass is 10.1. The largest absolute Gasteiger partial charge is 0.545 e. The van der Waals surface area contributed by atoms with Crippen molar-refractivity contribution < 1.29 is 23.1 Å². The number of carbonyl (C=O) groups is 2. The van der Waals surface area contributed by atoms with Crippen LogP contribution in [0.4, 0.5) is 5.69 Å². The van der Waals surface area contributed by atoms with E-state index in [-0.39, 0.29) is 28.3 Å². The van der Waals surface area contributed by atoms with Crippen molar-refractivity contribution in [1.82, 2.24) is 4.72 Å². The maximum atomic E-state index is 12.8. The molecule has 3 aromatic carbocycles. The van der Waals surface area contributed by atoms with E-state index in [2.05, 4.69) is 10.0 Å². The molecular weight excluding hydrogens is 404 g/mol. The molecule has 0 saturated heterocycles. The molecule has 7 nitrogen and oxygen atoms in total. The summed E-state index contributed by atoms with van der Waals surface area (Å²) in [6.45, 7) is 1.74. The van der Waals surface area contributed by atoms with Gasteiger partial charge in [-0.2, -0.15) is 0 Å². The Kier molecular flexibility index (Phi) is 6.29. The Morgan fingerprint density at radius 3 is 2.30 bits per heavy atom. The lowest BCUT2D eigenvalue weighted by Crippen LogP contribution is -2.25. The highest BCUT2D eigenvalue weighted by Crippen LogP contribution is 2.20. The number of carbonyl (C=O) groups excluding carboxylic acids is 2. The summed E-state index contributed by atoms with van der Waals surface area (Å²) >= 11 is 0. The third kappa shape index (κ3) is 4.91. The van der Waals surface area contributed by atoms with Gasteiger partial charge in [0.1, 0.15) is 0 Å². The van der Waals surface area contributed by atoms with Crippen molar-refractivity contribution in [2.45, 2.75) is 18.4 Å². The average Bonchev–Trinajstić information content (AvgIpc) is 2.73. The number of hydrogen-bond donors (Lipinski definition) is 2. The van der Waals surface area contributed by atoms with Crippen LogP contribution in [0.1, 0.15) is 31.8 Å². The van der Waals surface area contributed by atoms with Gasteiger partial charge in [0.15, 0.2) is 0 Å². The summed E-state index contributed by atoms with van der Waals surface area (Å²) in [6.07, 6.45) is 0. The number of benzene rings is 3. The van der Waals surface area contributed by atoms with E-state index in [0.29, 0.717) is 5.56 Å². The van der Waals surface area contributed by atoms with E-state index in [4.69, 9.17) is 0 Å². The van der Waals surface area contributed by atoms with E-state index in [1.54, 1.807) is 25.1 Å². The molecule has 0 aromatic heterocycles. The Hall–Kier alpha value is -3.49. The number of nitrogens with one attached hydrogen (secondary N) is 2. The molecule has 1 amide bonds. The van der Waals surface area contributed by atoms with Gasteiger partial charge in [-0.3, -0.25) is 4.79 Å². The first-order valence-electron chi connectivity index (χ1n) is 9.04. The third-order valence-electron chi connectivity index (χ3n) is 4.44. The van der Waals surface area contributed by atoms with Crippen LogP contribution in [0.5, 0.6) is 0 Å². The van der Waals surface area contributed by atoms with Gasteiger partial charge in [0, 0.05) is 17.7 Å². The zero-order chi connectivity index (χ0) is 21.7. The normalized spacial score (nSPS) is 11.1. The number of aryl methyl sites for hydroxylation is 1. The predicted molar refractivity (Wildman–Crippen MR) is 110 cm³/mol. The van der Waals surface area contributed by atoms with Crippen molar-refractivity contribution in [3.63, 3.8) is 0 Å². The summed E-state index contributed by atoms with van der Waals surface area (Å²) < 4.78 is 28.1. The van der Waals surface area contributed by atoms with Gasteiger partial charge in [-0.15, -0.1) is 0 Å². The van der Waals surface area contributed by atoms with E-state index in [9.17, 15) is 23.1 Å². The van der Waals surface area contributed by atoms with Gasteiger partial charge in [-0.05, 0) is 36.2 Å². The molecule has 3 aromatic rings. The first-order chi connectivity index (χ1) is 14.3. The first kappa shape index (κ1) is 21.2. The highest BCUT2D eigenvalue weighted by atomic mass is 32.2. The molecule has 0 spiro atoms. The summed E-state index contributed by atoms with van der Waals surface area (Å²) in [7, 11) is -3.87. The number of para-hydroxylation sites is 1. The van der Waals surface area contributed by atoms with Crippen LogP contribution >= 0.6 is 0 Å². The summed E-state index contributed by atoms with van der Waals surface area (Å²) in [4.78, 5) is 23.8.